The first-order valence-corrected chi connectivity index (χ1v) is 10.9. The summed E-state index contributed by atoms with van der Waals surface area (Å²) in [7, 11) is 1.60. The van der Waals surface area contributed by atoms with E-state index in [0.29, 0.717) is 11.1 Å². The number of allylic oxidation sites excluding steroid dienone is 4. The van der Waals surface area contributed by atoms with Crippen molar-refractivity contribution in [3.05, 3.63) is 63.7 Å². The molecule has 1 aromatic carbocycles. The van der Waals surface area contributed by atoms with Crippen LogP contribution in [0.1, 0.15) is 45.3 Å². The number of carbonyl (C=O) groups is 2. The zero-order valence-corrected chi connectivity index (χ0v) is 17.0. The molecule has 152 valence electrons. The quantitative estimate of drug-likeness (QED) is 0.624. The number of imide groups is 1. The maximum atomic E-state index is 13.4. The standard InChI is InChI=1S/C25H19N3O3/c1-26-24(29)20-18-12-6-2-4-8-14(12)27-16-10-11-17(31-16)28-15-9-5-3-7-13(15)19(21(20)25(26)30)23(28)22(18)27/h2-6,8-9,14,16-17H,7,10-11H2,1H3/t14?,16-,17+/m0/s1. The highest BCUT2D eigenvalue weighted by atomic mass is 16.5. The van der Waals surface area contributed by atoms with Crippen molar-refractivity contribution < 1.29 is 14.3 Å². The van der Waals surface area contributed by atoms with Gasteiger partial charge in [0.15, 0.2) is 0 Å². The van der Waals surface area contributed by atoms with E-state index >= 15 is 0 Å². The zero-order valence-electron chi connectivity index (χ0n) is 17.0. The fourth-order valence-electron chi connectivity index (χ4n) is 6.53. The van der Waals surface area contributed by atoms with Crippen LogP contribution in [0.4, 0.5) is 5.69 Å². The summed E-state index contributed by atoms with van der Waals surface area (Å²) in [6, 6.07) is 0.0211. The van der Waals surface area contributed by atoms with Crippen LogP contribution in [0, 0.1) is 0 Å². The largest absolute Gasteiger partial charge is 0.335 e. The van der Waals surface area contributed by atoms with E-state index in [4.69, 9.17) is 4.74 Å². The van der Waals surface area contributed by atoms with Crippen LogP contribution in [-0.4, -0.2) is 40.6 Å². The van der Waals surface area contributed by atoms with Crippen LogP contribution < -0.4 is 15.5 Å². The predicted octanol–water partition coefficient (Wildman–Crippen LogP) is 1.87. The Bertz CT molecular complexity index is 1520. The van der Waals surface area contributed by atoms with E-state index in [-0.39, 0.29) is 30.3 Å². The summed E-state index contributed by atoms with van der Waals surface area (Å²) in [6.45, 7) is 0. The molecular formula is C25H19N3O3. The molecule has 0 radical (unpaired) electrons. The number of nitrogens with zero attached hydrogens (tertiary/aromatic N) is 3. The molecule has 1 unspecified atom stereocenters. The lowest BCUT2D eigenvalue weighted by atomic mass is 9.94. The Morgan fingerprint density at radius 2 is 1.87 bits per heavy atom. The van der Waals surface area contributed by atoms with Gasteiger partial charge in [-0.15, -0.1) is 0 Å². The summed E-state index contributed by atoms with van der Waals surface area (Å²) in [4.78, 5) is 30.5. The van der Waals surface area contributed by atoms with Crippen LogP contribution in [0.15, 0.2) is 36.5 Å². The second kappa shape index (κ2) is 5.08. The first kappa shape index (κ1) is 16.3. The molecule has 2 amide bonds. The molecule has 4 aliphatic heterocycles. The van der Waals surface area contributed by atoms with Gasteiger partial charge in [-0.25, -0.2) is 0 Å². The molecule has 1 aromatic heterocycles. The van der Waals surface area contributed by atoms with Gasteiger partial charge in [-0.05, 0) is 36.5 Å². The maximum Gasteiger partial charge on any atom is 0.262 e. The Labute approximate surface area is 177 Å². The van der Waals surface area contributed by atoms with Crippen molar-refractivity contribution in [1.82, 2.24) is 9.47 Å². The third-order valence-corrected chi connectivity index (χ3v) is 7.73. The van der Waals surface area contributed by atoms with Gasteiger partial charge in [0.25, 0.3) is 11.8 Å². The Morgan fingerprint density at radius 3 is 2.77 bits per heavy atom. The molecule has 1 fully saturated rings. The van der Waals surface area contributed by atoms with E-state index in [2.05, 4.69) is 45.9 Å². The van der Waals surface area contributed by atoms with E-state index in [1.807, 2.05) is 6.08 Å². The van der Waals surface area contributed by atoms with E-state index < -0.39 is 0 Å². The number of hydrogen-bond acceptors (Lipinski definition) is 4. The lowest BCUT2D eigenvalue weighted by Crippen LogP contribution is -2.40. The van der Waals surface area contributed by atoms with Crippen LogP contribution >= 0.6 is 0 Å². The van der Waals surface area contributed by atoms with Crippen LogP contribution in [0.25, 0.3) is 22.6 Å². The maximum absolute atomic E-state index is 13.4. The smallest absolute Gasteiger partial charge is 0.262 e. The predicted molar refractivity (Wildman–Crippen MR) is 116 cm³/mol. The normalized spacial score (nSPS) is 28.4. The molecule has 5 heterocycles. The molecule has 3 atom stereocenters. The van der Waals surface area contributed by atoms with E-state index in [1.54, 1.807) is 7.05 Å². The summed E-state index contributed by atoms with van der Waals surface area (Å²) in [5.74, 6) is -0.394. The zero-order chi connectivity index (χ0) is 20.6. The van der Waals surface area contributed by atoms with Gasteiger partial charge in [-0.2, -0.15) is 0 Å². The van der Waals surface area contributed by atoms with Crippen LogP contribution in [0.3, 0.4) is 0 Å². The monoisotopic (exact) mass is 409 g/mol. The molecule has 31 heavy (non-hydrogen) atoms. The number of aromatic nitrogens is 1. The number of rotatable bonds is 0. The van der Waals surface area contributed by atoms with Crippen LogP contribution in [-0.2, 0) is 11.2 Å². The summed E-state index contributed by atoms with van der Waals surface area (Å²) in [5, 5.41) is 2.98. The van der Waals surface area contributed by atoms with Crippen molar-refractivity contribution in [2.45, 2.75) is 37.8 Å². The third-order valence-electron chi connectivity index (χ3n) is 7.73. The van der Waals surface area contributed by atoms with Gasteiger partial charge in [-0.3, -0.25) is 14.5 Å². The molecule has 0 N–H and O–H groups in total. The lowest BCUT2D eigenvalue weighted by Gasteiger charge is -2.32. The SMILES string of the molecule is CN1C(=O)c2c(c3c4c(n5c3c3c2=C2C=CC=CC2N3[C@@H]2CC[C@H]5O2)=CC=CC4)C1=O. The van der Waals surface area contributed by atoms with Gasteiger partial charge in [0.1, 0.15) is 12.5 Å². The average molecular weight is 409 g/mol. The molecule has 0 spiro atoms. The molecular weight excluding hydrogens is 390 g/mol. The number of amides is 2. The van der Waals surface area contributed by atoms with Crippen molar-refractivity contribution >= 4 is 40.1 Å². The van der Waals surface area contributed by atoms with Gasteiger partial charge in [0.05, 0.1) is 28.4 Å². The Morgan fingerprint density at radius 1 is 1.03 bits per heavy atom. The van der Waals surface area contributed by atoms with E-state index in [9.17, 15) is 9.59 Å². The first-order valence-electron chi connectivity index (χ1n) is 10.9. The molecule has 6 heteroatoms. The van der Waals surface area contributed by atoms with Crippen molar-refractivity contribution in [3.8, 4) is 0 Å². The molecule has 6 aliphatic rings. The number of carbonyl (C=O) groups excluding carboxylic acids is 2. The lowest BCUT2D eigenvalue weighted by molar-refractivity contribution is 0.00537. The highest BCUT2D eigenvalue weighted by molar-refractivity contribution is 6.29. The summed E-state index contributed by atoms with van der Waals surface area (Å²) in [5.41, 5.74) is 5.50. The fourth-order valence-corrected chi connectivity index (χ4v) is 6.53. The third kappa shape index (κ3) is 1.63. The molecule has 0 saturated carbocycles. The van der Waals surface area contributed by atoms with Gasteiger partial charge >= 0.3 is 0 Å². The Hall–Kier alpha value is -3.38. The van der Waals surface area contributed by atoms with Crippen molar-refractivity contribution in [1.29, 1.82) is 0 Å². The highest BCUT2D eigenvalue weighted by Gasteiger charge is 2.49. The minimum atomic E-state index is -0.198. The van der Waals surface area contributed by atoms with Gasteiger partial charge in [-0.1, -0.05) is 36.5 Å². The van der Waals surface area contributed by atoms with E-state index in [1.165, 1.54) is 4.90 Å². The van der Waals surface area contributed by atoms with Crippen LogP contribution in [0.2, 0.25) is 0 Å². The summed E-state index contributed by atoms with van der Waals surface area (Å²) in [6.07, 6.45) is 17.2. The first-order chi connectivity index (χ1) is 15.2. The minimum Gasteiger partial charge on any atom is -0.335 e. The molecule has 1 saturated heterocycles. The number of hydrogen-bond donors (Lipinski definition) is 0. The minimum absolute atomic E-state index is 0.0211. The van der Waals surface area contributed by atoms with Crippen molar-refractivity contribution in [3.63, 3.8) is 0 Å². The van der Waals surface area contributed by atoms with E-state index in [0.717, 1.165) is 57.6 Å². The highest BCUT2D eigenvalue weighted by Crippen LogP contribution is 2.48. The average Bonchev–Trinajstić information content (AvgIpc) is 3.49. The second-order valence-electron chi connectivity index (χ2n) is 9.07. The van der Waals surface area contributed by atoms with Gasteiger partial charge < -0.3 is 14.2 Å². The summed E-state index contributed by atoms with van der Waals surface area (Å²) < 4.78 is 8.92. The number of fused-ring (bicyclic) bond motifs is 12. The van der Waals surface area contributed by atoms with Crippen molar-refractivity contribution in [2.24, 2.45) is 0 Å². The number of anilines is 1. The Kier molecular flexibility index (Phi) is 2.68. The molecule has 6 nitrogen and oxygen atoms in total. The van der Waals surface area contributed by atoms with Gasteiger partial charge in [0.2, 0.25) is 0 Å². The molecule has 2 aromatic rings. The molecule has 2 bridgehead atoms. The van der Waals surface area contributed by atoms with Crippen LogP contribution in [0.5, 0.6) is 0 Å². The topological polar surface area (TPSA) is 54.8 Å². The molecule has 2 aliphatic carbocycles. The summed E-state index contributed by atoms with van der Waals surface area (Å²) >= 11 is 0. The number of benzene rings is 1. The second-order valence-corrected chi connectivity index (χ2v) is 9.07. The fraction of sp³-hybridized carbons (Fsp3) is 0.280. The van der Waals surface area contributed by atoms with Gasteiger partial charge in [0, 0.05) is 23.0 Å². The Balaban J connectivity index is 1.70. The molecule has 8 rings (SSSR count). The number of ether oxygens (including phenoxy) is 1. The van der Waals surface area contributed by atoms with Crippen molar-refractivity contribution in [2.75, 3.05) is 11.9 Å².